The molecular formula is C18H26N2O3. The third-order valence-electron chi connectivity index (χ3n) is 4.61. The van der Waals surface area contributed by atoms with E-state index in [4.69, 9.17) is 9.47 Å². The average molecular weight is 318 g/mol. The monoisotopic (exact) mass is 318 g/mol. The second-order valence-electron chi connectivity index (χ2n) is 6.42. The Labute approximate surface area is 137 Å². The summed E-state index contributed by atoms with van der Waals surface area (Å²) in [5, 5.41) is 3.08. The van der Waals surface area contributed by atoms with E-state index in [2.05, 4.69) is 17.4 Å². The van der Waals surface area contributed by atoms with Gasteiger partial charge in [0.2, 0.25) is 0 Å². The number of benzene rings is 1. The topological polar surface area (TPSA) is 50.8 Å². The molecule has 0 unspecified atom stereocenters. The second kappa shape index (κ2) is 7.79. The Morgan fingerprint density at radius 2 is 2.13 bits per heavy atom. The molecule has 0 aliphatic carbocycles. The van der Waals surface area contributed by atoms with E-state index in [1.165, 1.54) is 5.56 Å². The van der Waals surface area contributed by atoms with Crippen molar-refractivity contribution in [1.29, 1.82) is 0 Å². The van der Waals surface area contributed by atoms with Crippen molar-refractivity contribution >= 4 is 6.03 Å². The Kier molecular flexibility index (Phi) is 5.51. The summed E-state index contributed by atoms with van der Waals surface area (Å²) < 4.78 is 11.5. The molecule has 1 aromatic rings. The quantitative estimate of drug-likeness (QED) is 0.926. The number of nitrogens with one attached hydrogen (secondary N) is 1. The molecule has 2 saturated heterocycles. The van der Waals surface area contributed by atoms with Crippen molar-refractivity contribution in [2.45, 2.75) is 44.4 Å². The van der Waals surface area contributed by atoms with Crippen LogP contribution in [0.2, 0.25) is 0 Å². The molecule has 2 fully saturated rings. The molecule has 3 atom stereocenters. The summed E-state index contributed by atoms with van der Waals surface area (Å²) in [4.78, 5) is 14.3. The van der Waals surface area contributed by atoms with Crippen molar-refractivity contribution in [2.24, 2.45) is 0 Å². The fourth-order valence-corrected chi connectivity index (χ4v) is 3.28. The molecule has 0 spiro atoms. The van der Waals surface area contributed by atoms with Gasteiger partial charge in [-0.05, 0) is 25.3 Å². The zero-order chi connectivity index (χ0) is 16.1. The molecule has 5 nitrogen and oxygen atoms in total. The van der Waals surface area contributed by atoms with E-state index in [9.17, 15) is 4.79 Å². The third kappa shape index (κ3) is 4.45. The summed E-state index contributed by atoms with van der Waals surface area (Å²) in [5.74, 6) is 0. The van der Waals surface area contributed by atoms with Gasteiger partial charge in [-0.3, -0.25) is 0 Å². The van der Waals surface area contributed by atoms with E-state index >= 15 is 0 Å². The fourth-order valence-electron chi connectivity index (χ4n) is 3.28. The highest BCUT2D eigenvalue weighted by Gasteiger charge is 2.28. The van der Waals surface area contributed by atoms with Crippen molar-refractivity contribution in [1.82, 2.24) is 10.2 Å². The predicted molar refractivity (Wildman–Crippen MR) is 88.4 cm³/mol. The maximum atomic E-state index is 12.5. The number of hydrogen-bond donors (Lipinski definition) is 1. The molecule has 0 bridgehead atoms. The van der Waals surface area contributed by atoms with Gasteiger partial charge in [-0.1, -0.05) is 30.3 Å². The Hall–Kier alpha value is -1.59. The summed E-state index contributed by atoms with van der Waals surface area (Å²) in [6.45, 7) is 4.71. The van der Waals surface area contributed by atoms with Crippen LogP contribution in [0.25, 0.3) is 0 Å². The zero-order valence-corrected chi connectivity index (χ0v) is 13.7. The molecule has 0 saturated carbocycles. The number of carbonyl (C=O) groups is 1. The van der Waals surface area contributed by atoms with Crippen LogP contribution in [0, 0.1) is 0 Å². The molecular weight excluding hydrogens is 292 g/mol. The SMILES string of the molecule is C[C@H](NC(=O)N1CCO[C@H](Cc2ccccc2)C1)[C@H]1CCCO1. The van der Waals surface area contributed by atoms with Gasteiger partial charge in [0.05, 0.1) is 24.9 Å². The number of nitrogens with zero attached hydrogens (tertiary/aromatic N) is 1. The van der Waals surface area contributed by atoms with Crippen molar-refractivity contribution in [3.05, 3.63) is 35.9 Å². The molecule has 1 aromatic carbocycles. The number of rotatable bonds is 4. The van der Waals surface area contributed by atoms with Gasteiger partial charge in [0.15, 0.2) is 0 Å². The summed E-state index contributed by atoms with van der Waals surface area (Å²) in [6, 6.07) is 10.3. The number of morpholine rings is 1. The largest absolute Gasteiger partial charge is 0.376 e. The number of ether oxygens (including phenoxy) is 2. The van der Waals surface area contributed by atoms with Crippen molar-refractivity contribution < 1.29 is 14.3 Å². The van der Waals surface area contributed by atoms with Crippen LogP contribution < -0.4 is 5.32 Å². The van der Waals surface area contributed by atoms with Gasteiger partial charge >= 0.3 is 6.03 Å². The Morgan fingerprint density at radius 1 is 1.30 bits per heavy atom. The van der Waals surface area contributed by atoms with Gasteiger partial charge in [-0.25, -0.2) is 4.79 Å². The number of amides is 2. The normalized spacial score (nSPS) is 26.0. The lowest BCUT2D eigenvalue weighted by Crippen LogP contribution is -2.53. The van der Waals surface area contributed by atoms with Gasteiger partial charge in [0.1, 0.15) is 0 Å². The molecule has 2 heterocycles. The second-order valence-corrected chi connectivity index (χ2v) is 6.42. The van der Waals surface area contributed by atoms with Crippen LogP contribution in [0.3, 0.4) is 0 Å². The van der Waals surface area contributed by atoms with Crippen LogP contribution in [0.1, 0.15) is 25.3 Å². The van der Waals surface area contributed by atoms with Gasteiger partial charge in [-0.15, -0.1) is 0 Å². The highest BCUT2D eigenvalue weighted by Crippen LogP contribution is 2.16. The van der Waals surface area contributed by atoms with Crippen LogP contribution in [0.4, 0.5) is 4.79 Å². The summed E-state index contributed by atoms with van der Waals surface area (Å²) in [5.41, 5.74) is 1.24. The summed E-state index contributed by atoms with van der Waals surface area (Å²) >= 11 is 0. The Morgan fingerprint density at radius 3 is 2.87 bits per heavy atom. The van der Waals surface area contributed by atoms with Crippen LogP contribution in [0.15, 0.2) is 30.3 Å². The van der Waals surface area contributed by atoms with E-state index in [1.807, 2.05) is 30.0 Å². The molecule has 2 amide bonds. The van der Waals surface area contributed by atoms with Gasteiger partial charge in [0, 0.05) is 26.1 Å². The summed E-state index contributed by atoms with van der Waals surface area (Å²) in [7, 11) is 0. The molecule has 23 heavy (non-hydrogen) atoms. The average Bonchev–Trinajstić information content (AvgIpc) is 3.10. The highest BCUT2D eigenvalue weighted by atomic mass is 16.5. The summed E-state index contributed by atoms with van der Waals surface area (Å²) in [6.07, 6.45) is 3.17. The van der Waals surface area contributed by atoms with E-state index in [0.717, 1.165) is 25.9 Å². The van der Waals surface area contributed by atoms with Crippen LogP contribution >= 0.6 is 0 Å². The smallest absolute Gasteiger partial charge is 0.317 e. The lowest BCUT2D eigenvalue weighted by atomic mass is 10.1. The standard InChI is InChI=1S/C18H26N2O3/c1-14(17-8-5-10-23-17)19-18(21)20-9-11-22-16(13-20)12-15-6-3-2-4-7-15/h2-4,6-7,14,16-17H,5,8-13H2,1H3,(H,19,21)/t14-,16+,17+/m0/s1. The van der Waals surface area contributed by atoms with Gasteiger partial charge in [-0.2, -0.15) is 0 Å². The minimum absolute atomic E-state index is 0.00522. The maximum absolute atomic E-state index is 12.5. The highest BCUT2D eigenvalue weighted by molar-refractivity contribution is 5.74. The van der Waals surface area contributed by atoms with E-state index in [0.29, 0.717) is 19.7 Å². The minimum Gasteiger partial charge on any atom is -0.376 e. The first-order valence-electron chi connectivity index (χ1n) is 8.55. The van der Waals surface area contributed by atoms with Crippen LogP contribution in [0.5, 0.6) is 0 Å². The number of carbonyl (C=O) groups excluding carboxylic acids is 1. The van der Waals surface area contributed by atoms with Gasteiger partial charge in [0.25, 0.3) is 0 Å². The van der Waals surface area contributed by atoms with E-state index in [1.54, 1.807) is 0 Å². The minimum atomic E-state index is -0.00522. The van der Waals surface area contributed by atoms with E-state index in [-0.39, 0.29) is 24.3 Å². The molecule has 5 heteroatoms. The number of urea groups is 1. The first-order valence-corrected chi connectivity index (χ1v) is 8.55. The predicted octanol–water partition coefficient (Wildman–Crippen LogP) is 2.21. The molecule has 126 valence electrons. The zero-order valence-electron chi connectivity index (χ0n) is 13.7. The van der Waals surface area contributed by atoms with Crippen LogP contribution in [-0.2, 0) is 15.9 Å². The first kappa shape index (κ1) is 16.3. The molecule has 0 aromatic heterocycles. The van der Waals surface area contributed by atoms with Crippen molar-refractivity contribution in [3.8, 4) is 0 Å². The lowest BCUT2D eigenvalue weighted by Gasteiger charge is -2.34. The lowest BCUT2D eigenvalue weighted by molar-refractivity contribution is -0.0145. The maximum Gasteiger partial charge on any atom is 0.317 e. The van der Waals surface area contributed by atoms with Gasteiger partial charge < -0.3 is 19.7 Å². The third-order valence-corrected chi connectivity index (χ3v) is 4.61. The van der Waals surface area contributed by atoms with Crippen molar-refractivity contribution in [3.63, 3.8) is 0 Å². The van der Waals surface area contributed by atoms with E-state index < -0.39 is 0 Å². The molecule has 0 radical (unpaired) electrons. The molecule has 1 N–H and O–H groups in total. The molecule has 2 aliphatic rings. The Bertz CT molecular complexity index is 502. The Balaban J connectivity index is 1.50. The first-order chi connectivity index (χ1) is 11.2. The molecule has 2 aliphatic heterocycles. The molecule has 3 rings (SSSR count). The van der Waals surface area contributed by atoms with Crippen molar-refractivity contribution in [2.75, 3.05) is 26.3 Å². The fraction of sp³-hybridized carbons (Fsp3) is 0.611. The van der Waals surface area contributed by atoms with Crippen LogP contribution in [-0.4, -0.2) is 55.5 Å². The number of hydrogen-bond acceptors (Lipinski definition) is 3.